The summed E-state index contributed by atoms with van der Waals surface area (Å²) in [5, 5.41) is 7.44. The van der Waals surface area contributed by atoms with E-state index in [1.807, 2.05) is 31.2 Å². The van der Waals surface area contributed by atoms with E-state index >= 15 is 0 Å². The second kappa shape index (κ2) is 8.85. The fourth-order valence-electron chi connectivity index (χ4n) is 1.79. The predicted molar refractivity (Wildman–Crippen MR) is 94.2 cm³/mol. The molecule has 0 aliphatic heterocycles. The minimum atomic E-state index is -0.265. The second-order valence-corrected chi connectivity index (χ2v) is 5.09. The first-order valence-electron chi connectivity index (χ1n) is 7.22. The summed E-state index contributed by atoms with van der Waals surface area (Å²) in [6.07, 6.45) is 1.66. The van der Waals surface area contributed by atoms with Gasteiger partial charge in [0.05, 0.1) is 6.21 Å². The van der Waals surface area contributed by atoms with Crippen LogP contribution in [0.3, 0.4) is 0 Å². The van der Waals surface area contributed by atoms with E-state index in [0.717, 1.165) is 12.1 Å². The van der Waals surface area contributed by atoms with Gasteiger partial charge < -0.3 is 10.1 Å². The van der Waals surface area contributed by atoms with Crippen LogP contribution in [0.25, 0.3) is 0 Å². The van der Waals surface area contributed by atoms with Crippen molar-refractivity contribution in [3.8, 4) is 5.75 Å². The monoisotopic (exact) mass is 331 g/mol. The smallest absolute Gasteiger partial charge is 0.186 e. The molecule has 0 fully saturated rings. The molecular weight excluding hydrogens is 313 g/mol. The third-order valence-electron chi connectivity index (χ3n) is 2.95. The van der Waals surface area contributed by atoms with Crippen LogP contribution in [-0.4, -0.2) is 17.9 Å². The minimum absolute atomic E-state index is 0.193. The Morgan fingerprint density at radius 1 is 1.22 bits per heavy atom. The van der Waals surface area contributed by atoms with Crippen LogP contribution >= 0.6 is 12.2 Å². The van der Waals surface area contributed by atoms with Gasteiger partial charge in [0, 0.05) is 12.1 Å². The summed E-state index contributed by atoms with van der Waals surface area (Å²) in [6, 6.07) is 13.9. The average Bonchev–Trinajstić information content (AvgIpc) is 2.56. The molecule has 0 saturated heterocycles. The van der Waals surface area contributed by atoms with Gasteiger partial charge in [-0.2, -0.15) is 5.10 Å². The number of nitrogens with zero attached hydrogens (tertiary/aromatic N) is 1. The summed E-state index contributed by atoms with van der Waals surface area (Å²) in [5.74, 6) is 0.403. The van der Waals surface area contributed by atoms with Gasteiger partial charge in [0.15, 0.2) is 5.11 Å². The van der Waals surface area contributed by atoms with Crippen molar-refractivity contribution in [3.05, 3.63) is 65.5 Å². The molecular formula is C17H18FN3OS. The van der Waals surface area contributed by atoms with Crippen molar-refractivity contribution in [3.63, 3.8) is 0 Å². The first kappa shape index (κ1) is 16.9. The molecule has 23 heavy (non-hydrogen) atoms. The average molecular weight is 331 g/mol. The second-order valence-electron chi connectivity index (χ2n) is 4.68. The van der Waals surface area contributed by atoms with Crippen molar-refractivity contribution in [2.75, 3.05) is 6.54 Å². The van der Waals surface area contributed by atoms with Crippen LogP contribution in [0.15, 0.2) is 53.6 Å². The highest BCUT2D eigenvalue weighted by molar-refractivity contribution is 7.80. The molecule has 6 heteroatoms. The van der Waals surface area contributed by atoms with Crippen molar-refractivity contribution in [1.82, 2.24) is 10.7 Å². The van der Waals surface area contributed by atoms with Crippen molar-refractivity contribution in [1.29, 1.82) is 0 Å². The SMILES string of the molecule is CCNC(=S)NN=Cc1ccc(OCc2ccccc2F)cc1. The van der Waals surface area contributed by atoms with Gasteiger partial charge in [-0.25, -0.2) is 4.39 Å². The van der Waals surface area contributed by atoms with E-state index < -0.39 is 0 Å². The van der Waals surface area contributed by atoms with Crippen LogP contribution in [0, 0.1) is 5.82 Å². The Labute approximate surface area is 140 Å². The molecule has 0 saturated carbocycles. The van der Waals surface area contributed by atoms with Gasteiger partial charge in [-0.3, -0.25) is 5.43 Å². The zero-order valence-electron chi connectivity index (χ0n) is 12.8. The lowest BCUT2D eigenvalue weighted by molar-refractivity contribution is 0.300. The summed E-state index contributed by atoms with van der Waals surface area (Å²) in [4.78, 5) is 0. The van der Waals surface area contributed by atoms with Crippen molar-refractivity contribution < 1.29 is 9.13 Å². The summed E-state index contributed by atoms with van der Waals surface area (Å²) < 4.78 is 19.1. The van der Waals surface area contributed by atoms with Gasteiger partial charge in [-0.15, -0.1) is 0 Å². The molecule has 2 rings (SSSR count). The number of thiocarbonyl (C=S) groups is 1. The minimum Gasteiger partial charge on any atom is -0.489 e. The number of benzene rings is 2. The molecule has 0 heterocycles. The predicted octanol–water partition coefficient (Wildman–Crippen LogP) is 3.22. The number of hydrogen-bond donors (Lipinski definition) is 2. The highest BCUT2D eigenvalue weighted by Gasteiger charge is 2.01. The summed E-state index contributed by atoms with van der Waals surface area (Å²) in [6.45, 7) is 2.89. The molecule has 0 amide bonds. The number of ether oxygens (including phenoxy) is 1. The quantitative estimate of drug-likeness (QED) is 0.485. The van der Waals surface area contributed by atoms with Gasteiger partial charge in [-0.1, -0.05) is 18.2 Å². The summed E-state index contributed by atoms with van der Waals surface area (Å²) in [7, 11) is 0. The van der Waals surface area contributed by atoms with Gasteiger partial charge in [0.1, 0.15) is 18.2 Å². The summed E-state index contributed by atoms with van der Waals surface area (Å²) in [5.41, 5.74) is 4.14. The Morgan fingerprint density at radius 3 is 2.65 bits per heavy atom. The Hall–Kier alpha value is -2.47. The van der Waals surface area contributed by atoms with Gasteiger partial charge in [0.2, 0.25) is 0 Å². The van der Waals surface area contributed by atoms with Crippen molar-refractivity contribution in [2.45, 2.75) is 13.5 Å². The number of hydrogen-bond acceptors (Lipinski definition) is 3. The van der Waals surface area contributed by atoms with E-state index in [1.54, 1.807) is 24.4 Å². The van der Waals surface area contributed by atoms with Crippen molar-refractivity contribution in [2.24, 2.45) is 5.10 Å². The molecule has 2 aromatic carbocycles. The molecule has 0 aliphatic carbocycles. The Morgan fingerprint density at radius 2 is 1.96 bits per heavy atom. The molecule has 0 atom stereocenters. The largest absolute Gasteiger partial charge is 0.489 e. The maximum Gasteiger partial charge on any atom is 0.186 e. The van der Waals surface area contributed by atoms with E-state index in [2.05, 4.69) is 15.8 Å². The normalized spacial score (nSPS) is 10.5. The zero-order valence-corrected chi connectivity index (χ0v) is 13.6. The molecule has 120 valence electrons. The molecule has 4 nitrogen and oxygen atoms in total. The Balaban J connectivity index is 1.86. The van der Waals surface area contributed by atoms with Crippen LogP contribution in [-0.2, 0) is 6.61 Å². The van der Waals surface area contributed by atoms with Gasteiger partial charge in [-0.05, 0) is 55.0 Å². The van der Waals surface area contributed by atoms with Gasteiger partial charge >= 0.3 is 0 Å². The van der Waals surface area contributed by atoms with Crippen LogP contribution in [0.5, 0.6) is 5.75 Å². The molecule has 0 aliphatic rings. The first-order chi connectivity index (χ1) is 11.2. The molecule has 0 spiro atoms. The van der Waals surface area contributed by atoms with Crippen LogP contribution in [0.2, 0.25) is 0 Å². The van der Waals surface area contributed by atoms with E-state index in [1.165, 1.54) is 6.07 Å². The number of nitrogens with one attached hydrogen (secondary N) is 2. The van der Waals surface area contributed by atoms with E-state index in [9.17, 15) is 4.39 Å². The van der Waals surface area contributed by atoms with E-state index in [4.69, 9.17) is 17.0 Å². The van der Waals surface area contributed by atoms with Crippen molar-refractivity contribution >= 4 is 23.5 Å². The van der Waals surface area contributed by atoms with Crippen LogP contribution < -0.4 is 15.5 Å². The number of halogens is 1. The Kier molecular flexibility index (Phi) is 6.50. The number of rotatable bonds is 6. The van der Waals surface area contributed by atoms with Crippen LogP contribution in [0.1, 0.15) is 18.1 Å². The Bertz CT molecular complexity index is 674. The van der Waals surface area contributed by atoms with E-state index in [-0.39, 0.29) is 12.4 Å². The lowest BCUT2D eigenvalue weighted by Gasteiger charge is -2.07. The number of hydrazone groups is 1. The fraction of sp³-hybridized carbons (Fsp3) is 0.176. The highest BCUT2D eigenvalue weighted by Crippen LogP contribution is 2.15. The molecule has 2 aromatic rings. The lowest BCUT2D eigenvalue weighted by Crippen LogP contribution is -2.31. The fourth-order valence-corrected chi connectivity index (χ4v) is 1.99. The molecule has 0 radical (unpaired) electrons. The lowest BCUT2D eigenvalue weighted by atomic mass is 10.2. The molecule has 2 N–H and O–H groups in total. The molecule has 0 bridgehead atoms. The maximum absolute atomic E-state index is 13.5. The first-order valence-corrected chi connectivity index (χ1v) is 7.63. The van der Waals surface area contributed by atoms with E-state index in [0.29, 0.717) is 16.4 Å². The maximum atomic E-state index is 13.5. The standard InChI is InChI=1S/C17H18FN3OS/c1-2-19-17(23)21-20-11-13-7-9-15(10-8-13)22-12-14-5-3-4-6-16(14)18/h3-11H,2,12H2,1H3,(H2,19,21,23). The molecule has 0 unspecified atom stereocenters. The third-order valence-corrected chi connectivity index (χ3v) is 3.18. The van der Waals surface area contributed by atoms with Crippen LogP contribution in [0.4, 0.5) is 4.39 Å². The summed E-state index contributed by atoms with van der Waals surface area (Å²) >= 11 is 4.99. The zero-order chi connectivity index (χ0) is 16.5. The van der Waals surface area contributed by atoms with Gasteiger partial charge in [0.25, 0.3) is 0 Å². The topological polar surface area (TPSA) is 45.7 Å². The third kappa shape index (κ3) is 5.67. The highest BCUT2D eigenvalue weighted by atomic mass is 32.1. The molecule has 0 aromatic heterocycles.